The Hall–Kier alpha value is -1.44. The van der Waals surface area contributed by atoms with E-state index in [1.54, 1.807) is 17.9 Å². The molecule has 1 N–H and O–H groups in total. The van der Waals surface area contributed by atoms with Crippen LogP contribution < -0.4 is 5.32 Å². The van der Waals surface area contributed by atoms with Crippen molar-refractivity contribution in [1.82, 2.24) is 9.78 Å². The van der Waals surface area contributed by atoms with Crippen molar-refractivity contribution < 1.29 is 9.13 Å². The zero-order chi connectivity index (χ0) is 15.3. The zero-order valence-electron chi connectivity index (χ0n) is 12.4. The number of anilines is 1. The standard InChI is InChI=1S/C12H22N4O3S/c1-5-7-15-12(11(16(17)18)10(3)14-15)13-9(2)6-8-20(4)19/h9,13H,5-8H2,1-4H3. The van der Waals surface area contributed by atoms with Crippen LogP contribution in [0.15, 0.2) is 0 Å². The van der Waals surface area contributed by atoms with Crippen molar-refractivity contribution in [2.24, 2.45) is 0 Å². The summed E-state index contributed by atoms with van der Waals surface area (Å²) in [6.45, 7) is 6.19. The molecule has 0 saturated carbocycles. The Morgan fingerprint density at radius 1 is 1.55 bits per heavy atom. The molecule has 0 spiro atoms. The summed E-state index contributed by atoms with van der Waals surface area (Å²) in [5, 5.41) is 18.5. The number of nitrogens with one attached hydrogen (secondary N) is 1. The van der Waals surface area contributed by atoms with Gasteiger partial charge < -0.3 is 5.32 Å². The van der Waals surface area contributed by atoms with Crippen LogP contribution in [0, 0.1) is 17.0 Å². The Morgan fingerprint density at radius 3 is 2.70 bits per heavy atom. The first-order valence-corrected chi connectivity index (χ1v) is 8.37. The predicted molar refractivity (Wildman–Crippen MR) is 80.5 cm³/mol. The normalized spacial score (nSPS) is 14.0. The van der Waals surface area contributed by atoms with Crippen molar-refractivity contribution in [3.05, 3.63) is 15.8 Å². The van der Waals surface area contributed by atoms with Gasteiger partial charge in [0, 0.05) is 35.4 Å². The third kappa shape index (κ3) is 4.29. The molecule has 2 atom stereocenters. The fourth-order valence-electron chi connectivity index (χ4n) is 1.96. The predicted octanol–water partition coefficient (Wildman–Crippen LogP) is 2.08. The van der Waals surface area contributed by atoms with Crippen LogP contribution in [0.3, 0.4) is 0 Å². The first-order valence-electron chi connectivity index (χ1n) is 6.65. The maximum Gasteiger partial charge on any atom is 0.333 e. The van der Waals surface area contributed by atoms with Gasteiger partial charge in [-0.15, -0.1) is 0 Å². The van der Waals surface area contributed by atoms with E-state index < -0.39 is 15.7 Å². The van der Waals surface area contributed by atoms with E-state index in [9.17, 15) is 14.3 Å². The number of aromatic nitrogens is 2. The lowest BCUT2D eigenvalue weighted by Crippen LogP contribution is -2.21. The number of nitrogens with zero attached hydrogens (tertiary/aromatic N) is 3. The van der Waals surface area contributed by atoms with Crippen LogP contribution in [-0.4, -0.2) is 37.0 Å². The molecule has 1 rings (SSSR count). The van der Waals surface area contributed by atoms with E-state index in [0.717, 1.165) is 6.42 Å². The van der Waals surface area contributed by atoms with Gasteiger partial charge in [0.05, 0.1) is 4.92 Å². The molecule has 0 aliphatic carbocycles. The summed E-state index contributed by atoms with van der Waals surface area (Å²) < 4.78 is 12.8. The molecule has 0 saturated heterocycles. The summed E-state index contributed by atoms with van der Waals surface area (Å²) >= 11 is 0. The largest absolute Gasteiger partial charge is 0.362 e. The molecule has 0 amide bonds. The topological polar surface area (TPSA) is 90.1 Å². The molecule has 0 aliphatic rings. The van der Waals surface area contributed by atoms with Gasteiger partial charge in [-0.25, -0.2) is 4.68 Å². The van der Waals surface area contributed by atoms with E-state index in [1.165, 1.54) is 0 Å². The Balaban J connectivity index is 2.95. The van der Waals surface area contributed by atoms with Crippen molar-refractivity contribution in [2.45, 2.75) is 46.2 Å². The number of hydrogen-bond acceptors (Lipinski definition) is 5. The molecule has 20 heavy (non-hydrogen) atoms. The van der Waals surface area contributed by atoms with Crippen LogP contribution in [-0.2, 0) is 17.3 Å². The fourth-order valence-corrected chi connectivity index (χ4v) is 2.64. The van der Waals surface area contributed by atoms with E-state index in [1.807, 2.05) is 13.8 Å². The molecular weight excluding hydrogens is 280 g/mol. The highest BCUT2D eigenvalue weighted by atomic mass is 32.2. The minimum atomic E-state index is -0.858. The van der Waals surface area contributed by atoms with Crippen molar-refractivity contribution in [2.75, 3.05) is 17.3 Å². The van der Waals surface area contributed by atoms with Crippen LogP contribution in [0.2, 0.25) is 0 Å². The fraction of sp³-hybridized carbons (Fsp3) is 0.750. The highest BCUT2D eigenvalue weighted by Gasteiger charge is 2.25. The second-order valence-electron chi connectivity index (χ2n) is 4.87. The molecule has 7 nitrogen and oxygen atoms in total. The third-order valence-electron chi connectivity index (χ3n) is 2.94. The molecule has 0 aromatic carbocycles. The minimum Gasteiger partial charge on any atom is -0.362 e. The lowest BCUT2D eigenvalue weighted by atomic mass is 10.2. The molecule has 1 aromatic heterocycles. The molecule has 2 unspecified atom stereocenters. The third-order valence-corrected chi connectivity index (χ3v) is 3.75. The van der Waals surface area contributed by atoms with Gasteiger partial charge in [0.2, 0.25) is 5.82 Å². The number of aryl methyl sites for hydroxylation is 2. The molecule has 8 heteroatoms. The van der Waals surface area contributed by atoms with E-state index in [2.05, 4.69) is 10.4 Å². The Kier molecular flexibility index (Phi) is 6.12. The Labute approximate surface area is 121 Å². The second-order valence-corrected chi connectivity index (χ2v) is 6.43. The SMILES string of the molecule is CCCn1nc(C)c([N+](=O)[O-])c1NC(C)CCS(C)=O. The molecule has 0 bridgehead atoms. The monoisotopic (exact) mass is 302 g/mol. The second kappa shape index (κ2) is 7.37. The van der Waals surface area contributed by atoms with Crippen LogP contribution >= 0.6 is 0 Å². The quantitative estimate of drug-likeness (QED) is 0.586. The molecule has 114 valence electrons. The first-order chi connectivity index (χ1) is 9.36. The van der Waals surface area contributed by atoms with Crippen molar-refractivity contribution in [3.8, 4) is 0 Å². The molecule has 0 fully saturated rings. The van der Waals surface area contributed by atoms with E-state index in [0.29, 0.717) is 30.2 Å². The maximum atomic E-state index is 11.2. The molecule has 0 radical (unpaired) electrons. The maximum absolute atomic E-state index is 11.2. The van der Waals surface area contributed by atoms with E-state index >= 15 is 0 Å². The lowest BCUT2D eigenvalue weighted by Gasteiger charge is -2.15. The van der Waals surface area contributed by atoms with Crippen molar-refractivity contribution >= 4 is 22.3 Å². The van der Waals surface area contributed by atoms with Crippen molar-refractivity contribution in [1.29, 1.82) is 0 Å². The summed E-state index contributed by atoms with van der Waals surface area (Å²) in [7, 11) is -0.858. The molecule has 1 aromatic rings. The Morgan fingerprint density at radius 2 is 2.20 bits per heavy atom. The van der Waals surface area contributed by atoms with Gasteiger partial charge >= 0.3 is 5.69 Å². The smallest absolute Gasteiger partial charge is 0.333 e. The highest BCUT2D eigenvalue weighted by molar-refractivity contribution is 7.84. The summed E-state index contributed by atoms with van der Waals surface area (Å²) in [5.74, 6) is 1.02. The zero-order valence-corrected chi connectivity index (χ0v) is 13.2. The average molecular weight is 302 g/mol. The number of nitro groups is 1. The van der Waals surface area contributed by atoms with Gasteiger partial charge in [-0.1, -0.05) is 6.92 Å². The average Bonchev–Trinajstić information content (AvgIpc) is 2.63. The minimum absolute atomic E-state index is 0.00399. The molecule has 0 aliphatic heterocycles. The van der Waals surface area contributed by atoms with Crippen LogP contribution in [0.1, 0.15) is 32.4 Å². The van der Waals surface area contributed by atoms with Crippen LogP contribution in [0.4, 0.5) is 11.5 Å². The van der Waals surface area contributed by atoms with E-state index in [4.69, 9.17) is 0 Å². The summed E-state index contributed by atoms with van der Waals surface area (Å²) in [5.41, 5.74) is 0.445. The van der Waals surface area contributed by atoms with Crippen LogP contribution in [0.25, 0.3) is 0 Å². The van der Waals surface area contributed by atoms with Gasteiger partial charge in [-0.2, -0.15) is 5.10 Å². The highest BCUT2D eigenvalue weighted by Crippen LogP contribution is 2.29. The summed E-state index contributed by atoms with van der Waals surface area (Å²) in [6, 6.07) is 0.00399. The lowest BCUT2D eigenvalue weighted by molar-refractivity contribution is -0.384. The number of rotatable bonds is 8. The molecule has 1 heterocycles. The van der Waals surface area contributed by atoms with Gasteiger partial charge in [0.15, 0.2) is 0 Å². The summed E-state index contributed by atoms with van der Waals surface area (Å²) in [6.07, 6.45) is 3.19. The van der Waals surface area contributed by atoms with Crippen LogP contribution in [0.5, 0.6) is 0 Å². The van der Waals surface area contributed by atoms with Crippen molar-refractivity contribution in [3.63, 3.8) is 0 Å². The number of hydrogen-bond donors (Lipinski definition) is 1. The molecular formula is C12H22N4O3S. The van der Waals surface area contributed by atoms with Gasteiger partial charge in [-0.05, 0) is 26.7 Å². The van der Waals surface area contributed by atoms with Gasteiger partial charge in [-0.3, -0.25) is 14.3 Å². The first kappa shape index (κ1) is 16.6. The van der Waals surface area contributed by atoms with Gasteiger partial charge in [0.25, 0.3) is 0 Å². The van der Waals surface area contributed by atoms with Gasteiger partial charge in [0.1, 0.15) is 5.69 Å². The summed E-state index contributed by atoms with van der Waals surface area (Å²) in [4.78, 5) is 10.8. The van der Waals surface area contributed by atoms with E-state index in [-0.39, 0.29) is 11.7 Å². The Bertz CT molecular complexity index is 501.